The summed E-state index contributed by atoms with van der Waals surface area (Å²) in [4.78, 5) is 12.0. The van der Waals surface area contributed by atoms with E-state index in [0.717, 1.165) is 10.9 Å². The molecular weight excluding hydrogens is 308 g/mol. The van der Waals surface area contributed by atoms with E-state index in [0.29, 0.717) is 18.6 Å². The fourth-order valence-electron chi connectivity index (χ4n) is 2.16. The molecule has 0 heterocycles. The van der Waals surface area contributed by atoms with E-state index in [9.17, 15) is 9.90 Å². The Morgan fingerprint density at radius 3 is 2.68 bits per heavy atom. The van der Waals surface area contributed by atoms with E-state index in [1.807, 2.05) is 31.2 Å². The molecule has 0 saturated carbocycles. The molecule has 1 aromatic carbocycles. The van der Waals surface area contributed by atoms with Gasteiger partial charge in [0.05, 0.1) is 12.5 Å². The molecule has 0 bridgehead atoms. The number of hydrogen-bond acceptors (Lipinski definition) is 3. The average Bonchev–Trinajstić information content (AvgIpc) is 2.36. The van der Waals surface area contributed by atoms with Gasteiger partial charge < -0.3 is 9.84 Å². The third-order valence-electron chi connectivity index (χ3n) is 3.24. The Morgan fingerprint density at radius 2 is 2.16 bits per heavy atom. The number of halogens is 1. The molecule has 2 unspecified atom stereocenters. The van der Waals surface area contributed by atoms with Gasteiger partial charge in [-0.15, -0.1) is 0 Å². The van der Waals surface area contributed by atoms with E-state index in [4.69, 9.17) is 4.74 Å². The van der Waals surface area contributed by atoms with Crippen LogP contribution in [0.5, 0.6) is 0 Å². The topological polar surface area (TPSA) is 46.5 Å². The van der Waals surface area contributed by atoms with Crippen LogP contribution in [0.4, 0.5) is 0 Å². The zero-order chi connectivity index (χ0) is 14.5. The van der Waals surface area contributed by atoms with E-state index in [1.165, 1.54) is 0 Å². The van der Waals surface area contributed by atoms with Gasteiger partial charge in [-0.1, -0.05) is 41.4 Å². The van der Waals surface area contributed by atoms with Gasteiger partial charge in [0, 0.05) is 4.47 Å². The smallest absolute Gasteiger partial charge is 0.312 e. The Kier molecular flexibility index (Phi) is 6.01. The van der Waals surface area contributed by atoms with Crippen molar-refractivity contribution < 1.29 is 14.6 Å². The van der Waals surface area contributed by atoms with Crippen LogP contribution in [0.2, 0.25) is 0 Å². The minimum absolute atomic E-state index is 0.327. The Balaban J connectivity index is 3.08. The molecule has 0 amide bonds. The fraction of sp³-hybridized carbons (Fsp3) is 0.533. The largest absolute Gasteiger partial charge is 0.466 e. The minimum atomic E-state index is -1.23. The maximum Gasteiger partial charge on any atom is 0.312 e. The molecule has 0 aliphatic carbocycles. The van der Waals surface area contributed by atoms with Gasteiger partial charge in [-0.2, -0.15) is 0 Å². The number of aliphatic hydroxyl groups is 1. The molecule has 1 rings (SSSR count). The summed E-state index contributed by atoms with van der Waals surface area (Å²) in [6, 6.07) is 7.40. The molecule has 19 heavy (non-hydrogen) atoms. The van der Waals surface area contributed by atoms with Crippen molar-refractivity contribution in [3.63, 3.8) is 0 Å². The molecule has 1 N–H and O–H groups in total. The van der Waals surface area contributed by atoms with Gasteiger partial charge in [0.25, 0.3) is 0 Å². The fourth-order valence-corrected chi connectivity index (χ4v) is 2.56. The summed E-state index contributed by atoms with van der Waals surface area (Å²) in [6.07, 6.45) is 1.41. The van der Waals surface area contributed by atoms with Crippen LogP contribution in [0, 0.1) is 5.92 Å². The highest BCUT2D eigenvalue weighted by atomic mass is 79.9. The molecule has 0 aromatic heterocycles. The standard InChI is InChI=1S/C15H21BrO3/c1-4-7-13(14(17)19-5-2)15(3,18)11-8-6-9-12(16)10-11/h6,8-10,13,18H,4-5,7H2,1-3H3. The van der Waals surface area contributed by atoms with Crippen LogP contribution in [0.25, 0.3) is 0 Å². The normalized spacial score (nSPS) is 15.6. The summed E-state index contributed by atoms with van der Waals surface area (Å²) < 4.78 is 5.96. The van der Waals surface area contributed by atoms with Crippen molar-refractivity contribution in [2.45, 2.75) is 39.2 Å². The molecule has 4 heteroatoms. The molecule has 0 aliphatic rings. The summed E-state index contributed by atoms with van der Waals surface area (Å²) in [5, 5.41) is 10.8. The zero-order valence-electron chi connectivity index (χ0n) is 11.6. The van der Waals surface area contributed by atoms with Crippen molar-refractivity contribution in [2.75, 3.05) is 6.61 Å². The van der Waals surface area contributed by atoms with Gasteiger partial charge in [-0.3, -0.25) is 4.79 Å². The van der Waals surface area contributed by atoms with E-state index < -0.39 is 11.5 Å². The van der Waals surface area contributed by atoms with Crippen LogP contribution in [0.3, 0.4) is 0 Å². The van der Waals surface area contributed by atoms with Gasteiger partial charge in [-0.25, -0.2) is 0 Å². The number of rotatable bonds is 6. The minimum Gasteiger partial charge on any atom is -0.466 e. The molecule has 3 nitrogen and oxygen atoms in total. The first-order valence-corrected chi connectivity index (χ1v) is 7.37. The molecule has 0 aliphatic heterocycles. The molecule has 106 valence electrons. The summed E-state index contributed by atoms with van der Waals surface area (Å²) in [6.45, 7) is 5.76. The number of ether oxygens (including phenoxy) is 1. The van der Waals surface area contributed by atoms with E-state index in [1.54, 1.807) is 13.8 Å². The summed E-state index contributed by atoms with van der Waals surface area (Å²) in [5.74, 6) is -0.888. The Bertz CT molecular complexity index is 429. The Labute approximate surface area is 123 Å². The van der Waals surface area contributed by atoms with Crippen molar-refractivity contribution in [1.29, 1.82) is 0 Å². The second kappa shape index (κ2) is 7.06. The monoisotopic (exact) mass is 328 g/mol. The summed E-state index contributed by atoms with van der Waals surface area (Å²) >= 11 is 3.38. The predicted molar refractivity (Wildman–Crippen MR) is 78.7 cm³/mol. The highest BCUT2D eigenvalue weighted by molar-refractivity contribution is 9.10. The average molecular weight is 329 g/mol. The van der Waals surface area contributed by atoms with Crippen molar-refractivity contribution in [2.24, 2.45) is 5.92 Å². The zero-order valence-corrected chi connectivity index (χ0v) is 13.2. The first-order chi connectivity index (χ1) is 8.93. The lowest BCUT2D eigenvalue weighted by atomic mass is 9.80. The molecular formula is C15H21BrO3. The predicted octanol–water partition coefficient (Wildman–Crippen LogP) is 3.64. The molecule has 0 fully saturated rings. The Hall–Kier alpha value is -0.870. The molecule has 0 saturated heterocycles. The highest BCUT2D eigenvalue weighted by Gasteiger charge is 2.39. The quantitative estimate of drug-likeness (QED) is 0.811. The third-order valence-corrected chi connectivity index (χ3v) is 3.73. The van der Waals surface area contributed by atoms with E-state index >= 15 is 0 Å². The first kappa shape index (κ1) is 16.2. The van der Waals surface area contributed by atoms with E-state index in [-0.39, 0.29) is 5.97 Å². The highest BCUT2D eigenvalue weighted by Crippen LogP contribution is 2.34. The number of benzene rings is 1. The number of carbonyl (C=O) groups is 1. The van der Waals surface area contributed by atoms with Crippen LogP contribution < -0.4 is 0 Å². The van der Waals surface area contributed by atoms with E-state index in [2.05, 4.69) is 15.9 Å². The van der Waals surface area contributed by atoms with Crippen LogP contribution in [-0.4, -0.2) is 17.7 Å². The SMILES string of the molecule is CCCC(C(=O)OCC)C(C)(O)c1cccc(Br)c1. The van der Waals surface area contributed by atoms with Gasteiger partial charge in [0.15, 0.2) is 0 Å². The van der Waals surface area contributed by atoms with Crippen LogP contribution in [0.15, 0.2) is 28.7 Å². The maximum atomic E-state index is 12.0. The van der Waals surface area contributed by atoms with Crippen molar-refractivity contribution in [3.05, 3.63) is 34.3 Å². The molecule has 0 radical (unpaired) electrons. The summed E-state index contributed by atoms with van der Waals surface area (Å²) in [7, 11) is 0. The first-order valence-electron chi connectivity index (χ1n) is 6.58. The van der Waals surface area contributed by atoms with Crippen LogP contribution in [-0.2, 0) is 15.1 Å². The molecule has 0 spiro atoms. The second-order valence-corrected chi connectivity index (χ2v) is 5.67. The second-order valence-electron chi connectivity index (χ2n) is 4.75. The Morgan fingerprint density at radius 1 is 1.47 bits per heavy atom. The van der Waals surface area contributed by atoms with Crippen molar-refractivity contribution >= 4 is 21.9 Å². The molecule has 2 atom stereocenters. The lowest BCUT2D eigenvalue weighted by molar-refractivity contribution is -0.158. The van der Waals surface area contributed by atoms with Crippen molar-refractivity contribution in [1.82, 2.24) is 0 Å². The van der Waals surface area contributed by atoms with Crippen molar-refractivity contribution in [3.8, 4) is 0 Å². The summed E-state index contributed by atoms with van der Waals surface area (Å²) in [5.41, 5.74) is -0.514. The van der Waals surface area contributed by atoms with Gasteiger partial charge in [0.2, 0.25) is 0 Å². The van der Waals surface area contributed by atoms with Gasteiger partial charge >= 0.3 is 5.97 Å². The van der Waals surface area contributed by atoms with Gasteiger partial charge in [0.1, 0.15) is 5.60 Å². The molecule has 1 aromatic rings. The number of esters is 1. The lowest BCUT2D eigenvalue weighted by Gasteiger charge is -2.31. The maximum absolute atomic E-state index is 12.0. The van der Waals surface area contributed by atoms with Gasteiger partial charge in [-0.05, 0) is 38.0 Å². The number of hydrogen-bond donors (Lipinski definition) is 1. The lowest BCUT2D eigenvalue weighted by Crippen LogP contribution is -2.38. The van der Waals surface area contributed by atoms with Crippen LogP contribution in [0.1, 0.15) is 39.2 Å². The van der Waals surface area contributed by atoms with Crippen LogP contribution >= 0.6 is 15.9 Å². The third kappa shape index (κ3) is 4.05. The number of carbonyl (C=O) groups excluding carboxylic acids is 1.